The van der Waals surface area contributed by atoms with Gasteiger partial charge in [-0.3, -0.25) is 15.1 Å². The Kier molecular flexibility index (Phi) is 4.15. The number of para-hydroxylation sites is 1. The first-order valence-corrected chi connectivity index (χ1v) is 9.87. The summed E-state index contributed by atoms with van der Waals surface area (Å²) in [6.07, 6.45) is 6.14. The Morgan fingerprint density at radius 3 is 2.88 bits per heavy atom. The Hall–Kier alpha value is -2.08. The lowest BCUT2D eigenvalue weighted by molar-refractivity contribution is -0.116. The third-order valence-electron chi connectivity index (χ3n) is 5.23. The van der Waals surface area contributed by atoms with E-state index >= 15 is 0 Å². The maximum atomic E-state index is 12.8. The SMILES string of the molecule is CSC1=NN2C(=c3ccccc3=N[C@@H]2[C@H]2CC=C(C)C[C@@H]2C)C(=O)N1. The maximum absolute atomic E-state index is 12.8. The molecule has 1 amide bonds. The Morgan fingerprint density at radius 2 is 2.12 bits per heavy atom. The zero-order valence-electron chi connectivity index (χ0n) is 14.7. The minimum Gasteiger partial charge on any atom is -0.298 e. The smallest absolute Gasteiger partial charge is 0.276 e. The van der Waals surface area contributed by atoms with Gasteiger partial charge in [-0.15, -0.1) is 5.10 Å². The topological polar surface area (TPSA) is 57.1 Å². The molecule has 1 N–H and O–H groups in total. The first-order valence-electron chi connectivity index (χ1n) is 8.64. The van der Waals surface area contributed by atoms with E-state index in [-0.39, 0.29) is 12.1 Å². The number of thioether (sulfide) groups is 1. The number of benzene rings is 1. The van der Waals surface area contributed by atoms with Gasteiger partial charge < -0.3 is 0 Å². The number of fused-ring (bicyclic) bond motifs is 2. The normalized spacial score (nSPS) is 28.3. The number of carbonyl (C=O) groups excluding carboxylic acids is 1. The van der Waals surface area contributed by atoms with Crippen LogP contribution in [0.3, 0.4) is 0 Å². The van der Waals surface area contributed by atoms with Gasteiger partial charge in [0.1, 0.15) is 11.9 Å². The summed E-state index contributed by atoms with van der Waals surface area (Å²) >= 11 is 1.45. The third kappa shape index (κ3) is 2.78. The van der Waals surface area contributed by atoms with Crippen molar-refractivity contribution in [1.29, 1.82) is 0 Å². The highest BCUT2D eigenvalue weighted by Gasteiger charge is 2.39. The van der Waals surface area contributed by atoms with Crippen LogP contribution < -0.4 is 15.9 Å². The van der Waals surface area contributed by atoms with Gasteiger partial charge in [0.25, 0.3) is 5.91 Å². The van der Waals surface area contributed by atoms with Crippen molar-refractivity contribution in [2.24, 2.45) is 21.9 Å². The van der Waals surface area contributed by atoms with Crippen molar-refractivity contribution < 1.29 is 4.79 Å². The molecule has 130 valence electrons. The highest BCUT2D eigenvalue weighted by Crippen LogP contribution is 2.36. The van der Waals surface area contributed by atoms with Gasteiger partial charge in [0.2, 0.25) is 0 Å². The Morgan fingerprint density at radius 1 is 1.32 bits per heavy atom. The van der Waals surface area contributed by atoms with Crippen LogP contribution in [-0.4, -0.2) is 28.5 Å². The summed E-state index contributed by atoms with van der Waals surface area (Å²) < 4.78 is 0. The third-order valence-corrected chi connectivity index (χ3v) is 5.80. The van der Waals surface area contributed by atoms with Gasteiger partial charge in [0.05, 0.1) is 5.36 Å². The molecule has 0 spiro atoms. The Bertz CT molecular complexity index is 904. The molecule has 4 rings (SSSR count). The van der Waals surface area contributed by atoms with Crippen molar-refractivity contribution in [3.05, 3.63) is 46.5 Å². The van der Waals surface area contributed by atoms with Gasteiger partial charge in [0, 0.05) is 11.1 Å². The zero-order valence-corrected chi connectivity index (χ0v) is 15.5. The van der Waals surface area contributed by atoms with E-state index in [0.29, 0.717) is 22.7 Å². The van der Waals surface area contributed by atoms with Crippen molar-refractivity contribution >= 4 is 28.5 Å². The summed E-state index contributed by atoms with van der Waals surface area (Å²) in [4.78, 5) is 17.8. The van der Waals surface area contributed by atoms with Gasteiger partial charge in [-0.1, -0.05) is 48.5 Å². The average molecular weight is 354 g/mol. The lowest BCUT2D eigenvalue weighted by Crippen LogP contribution is -2.55. The van der Waals surface area contributed by atoms with Crippen molar-refractivity contribution in [2.45, 2.75) is 32.9 Å². The van der Waals surface area contributed by atoms with Crippen LogP contribution in [0.15, 0.2) is 46.0 Å². The molecule has 2 heterocycles. The molecule has 0 fully saturated rings. The largest absolute Gasteiger partial charge is 0.298 e. The van der Waals surface area contributed by atoms with Crippen LogP contribution in [0.25, 0.3) is 5.70 Å². The molecule has 0 saturated carbocycles. The van der Waals surface area contributed by atoms with Crippen molar-refractivity contribution in [2.75, 3.05) is 6.26 Å². The standard InChI is InChI=1S/C19H22N4OS/c1-11-8-9-13(12(2)10-11)17-20-15-7-5-4-6-14(15)16-18(24)21-19(25-3)22-23(16)17/h4-8,12-13,17H,9-10H2,1-3H3,(H,21,22,24)/t12-,13-,17-/m0/s1. The molecule has 1 aromatic carbocycles. The van der Waals surface area contributed by atoms with Crippen LogP contribution in [0.4, 0.5) is 0 Å². The van der Waals surface area contributed by atoms with Crippen molar-refractivity contribution in [1.82, 2.24) is 10.3 Å². The lowest BCUT2D eigenvalue weighted by Gasteiger charge is -2.40. The van der Waals surface area contributed by atoms with Gasteiger partial charge >= 0.3 is 0 Å². The fourth-order valence-electron chi connectivity index (χ4n) is 3.95. The van der Waals surface area contributed by atoms with E-state index in [1.807, 2.05) is 35.5 Å². The molecule has 0 unspecified atom stereocenters. The summed E-state index contributed by atoms with van der Waals surface area (Å²) in [6, 6.07) is 7.85. The number of nitrogens with zero attached hydrogens (tertiary/aromatic N) is 3. The second-order valence-electron chi connectivity index (χ2n) is 6.95. The predicted molar refractivity (Wildman–Crippen MR) is 101 cm³/mol. The van der Waals surface area contributed by atoms with E-state index in [9.17, 15) is 4.79 Å². The molecule has 5 nitrogen and oxygen atoms in total. The van der Waals surface area contributed by atoms with Crippen LogP contribution in [0, 0.1) is 11.8 Å². The number of hydrogen-bond acceptors (Lipinski definition) is 5. The highest BCUT2D eigenvalue weighted by molar-refractivity contribution is 8.13. The Balaban J connectivity index is 1.89. The van der Waals surface area contributed by atoms with Crippen LogP contribution in [0.1, 0.15) is 26.7 Å². The summed E-state index contributed by atoms with van der Waals surface area (Å²) in [5, 5.41) is 11.8. The molecule has 0 saturated heterocycles. The minimum atomic E-state index is -0.141. The van der Waals surface area contributed by atoms with E-state index in [0.717, 1.165) is 23.4 Å². The minimum absolute atomic E-state index is 0.0955. The van der Waals surface area contributed by atoms with Crippen LogP contribution in [0.2, 0.25) is 0 Å². The molecule has 6 heteroatoms. The van der Waals surface area contributed by atoms with Gasteiger partial charge in [-0.25, -0.2) is 5.01 Å². The number of amides is 1. The number of nitrogens with one attached hydrogen (secondary N) is 1. The first-order chi connectivity index (χ1) is 12.1. The van der Waals surface area contributed by atoms with Gasteiger partial charge in [0.15, 0.2) is 5.17 Å². The van der Waals surface area contributed by atoms with Gasteiger partial charge in [-0.05, 0) is 38.0 Å². The molecule has 0 radical (unpaired) electrons. The Labute approximate surface area is 151 Å². The zero-order chi connectivity index (χ0) is 17.6. The molecule has 25 heavy (non-hydrogen) atoms. The molecule has 0 aromatic heterocycles. The fraction of sp³-hybridized carbons (Fsp3) is 0.421. The first kappa shape index (κ1) is 16.4. The quantitative estimate of drug-likeness (QED) is 0.783. The maximum Gasteiger partial charge on any atom is 0.276 e. The van der Waals surface area contributed by atoms with Crippen LogP contribution >= 0.6 is 11.8 Å². The lowest BCUT2D eigenvalue weighted by atomic mass is 9.79. The van der Waals surface area contributed by atoms with E-state index in [4.69, 9.17) is 10.1 Å². The molecule has 2 aliphatic heterocycles. The average Bonchev–Trinajstić information content (AvgIpc) is 2.61. The van der Waals surface area contributed by atoms with Crippen LogP contribution in [0.5, 0.6) is 0 Å². The number of rotatable bonds is 1. The fourth-order valence-corrected chi connectivity index (χ4v) is 4.32. The van der Waals surface area contributed by atoms with E-state index in [1.165, 1.54) is 17.3 Å². The molecule has 1 aliphatic carbocycles. The molecule has 3 atom stereocenters. The molecule has 1 aromatic rings. The van der Waals surface area contributed by atoms with Crippen molar-refractivity contribution in [3.8, 4) is 0 Å². The van der Waals surface area contributed by atoms with E-state index in [2.05, 4.69) is 25.2 Å². The van der Waals surface area contributed by atoms with E-state index in [1.54, 1.807) is 0 Å². The predicted octanol–water partition coefficient (Wildman–Crippen LogP) is 1.81. The number of hydrazone groups is 1. The summed E-state index contributed by atoms with van der Waals surface area (Å²) in [6.45, 7) is 4.47. The summed E-state index contributed by atoms with van der Waals surface area (Å²) in [5.74, 6) is 0.745. The number of hydrogen-bond donors (Lipinski definition) is 1. The number of carbonyl (C=O) groups is 1. The second kappa shape index (κ2) is 6.33. The number of amidine groups is 1. The highest BCUT2D eigenvalue weighted by atomic mass is 32.2. The molecular weight excluding hydrogens is 332 g/mol. The van der Waals surface area contributed by atoms with Gasteiger partial charge in [-0.2, -0.15) is 0 Å². The second-order valence-corrected chi connectivity index (χ2v) is 7.74. The van der Waals surface area contributed by atoms with Crippen molar-refractivity contribution in [3.63, 3.8) is 0 Å². The molecular formula is C19H22N4OS. The molecule has 0 bridgehead atoms. The monoisotopic (exact) mass is 354 g/mol. The summed E-state index contributed by atoms with van der Waals surface area (Å²) in [5.41, 5.74) is 2.06. The van der Waals surface area contributed by atoms with Crippen LogP contribution in [-0.2, 0) is 4.79 Å². The number of allylic oxidation sites excluding steroid dienone is 2. The summed E-state index contributed by atoms with van der Waals surface area (Å²) in [7, 11) is 0. The van der Waals surface area contributed by atoms with E-state index < -0.39 is 0 Å². The molecule has 3 aliphatic rings.